The van der Waals surface area contributed by atoms with Gasteiger partial charge in [0.1, 0.15) is 0 Å². The lowest BCUT2D eigenvalue weighted by Gasteiger charge is -2.65. The fourth-order valence-corrected chi connectivity index (χ4v) is 27.0. The molecule has 4 aromatic rings. The molecule has 2 N–H and O–H groups in total. The molecule has 4 aromatic carbocycles. The van der Waals surface area contributed by atoms with Crippen LogP contribution in [0.2, 0.25) is 0 Å². The predicted molar refractivity (Wildman–Crippen MR) is 298 cm³/mol. The van der Waals surface area contributed by atoms with E-state index < -0.39 is 16.2 Å². The van der Waals surface area contributed by atoms with E-state index in [-0.39, 0.29) is 65.2 Å². The molecule has 0 aliphatic heterocycles. The number of aromatic hydroxyl groups is 2. The number of nitro groups is 2. The summed E-state index contributed by atoms with van der Waals surface area (Å²) in [5, 5.41) is 53.4. The normalized spacial score (nSPS) is 46.2. The zero-order valence-corrected chi connectivity index (χ0v) is 46.3. The van der Waals surface area contributed by atoms with Gasteiger partial charge in [-0.15, -0.1) is 0 Å². The molecule has 4 unspecified atom stereocenters. The molecule has 17 aliphatic carbocycles. The third-order valence-electron chi connectivity index (χ3n) is 26.3. The first-order valence-corrected chi connectivity index (χ1v) is 30.9. The van der Waals surface area contributed by atoms with E-state index in [0.29, 0.717) is 47.3 Å². The summed E-state index contributed by atoms with van der Waals surface area (Å²) < 4.78 is 0. The number of hydrogen-bond acceptors (Lipinski definition) is 6. The van der Waals surface area contributed by atoms with Crippen molar-refractivity contribution in [3.8, 4) is 22.6 Å². The zero-order valence-electron chi connectivity index (χ0n) is 46.3. The van der Waals surface area contributed by atoms with Crippen LogP contribution >= 0.6 is 0 Å². The molecule has 17 aliphatic rings. The number of nitro benzene ring substituents is 2. The highest BCUT2D eigenvalue weighted by molar-refractivity contribution is 5.88. The van der Waals surface area contributed by atoms with Crippen molar-refractivity contribution in [3.63, 3.8) is 0 Å². The molecule has 16 bridgehead atoms. The van der Waals surface area contributed by atoms with E-state index in [1.807, 2.05) is 0 Å². The third-order valence-corrected chi connectivity index (χ3v) is 26.3. The van der Waals surface area contributed by atoms with Gasteiger partial charge in [0, 0.05) is 34.1 Å². The number of phenols is 2. The van der Waals surface area contributed by atoms with E-state index in [0.717, 1.165) is 122 Å². The van der Waals surface area contributed by atoms with Gasteiger partial charge in [-0.25, -0.2) is 0 Å². The van der Waals surface area contributed by atoms with E-state index in [4.69, 9.17) is 0 Å². The first kappa shape index (κ1) is 47.1. The van der Waals surface area contributed by atoms with Gasteiger partial charge >= 0.3 is 11.4 Å². The molecule has 0 saturated heterocycles. The Kier molecular flexibility index (Phi) is 8.94. The molecule has 21 rings (SSSR count). The summed E-state index contributed by atoms with van der Waals surface area (Å²) in [6, 6.07) is 22.7. The molecule has 0 amide bonds. The predicted octanol–water partition coefficient (Wildman–Crippen LogP) is 16.7. The molecule has 4 atom stereocenters. The summed E-state index contributed by atoms with van der Waals surface area (Å²) in [7, 11) is 0. The molecule has 8 heteroatoms. The van der Waals surface area contributed by atoms with Gasteiger partial charge < -0.3 is 10.2 Å². The average Bonchev–Trinajstić information content (AvgIpc) is 3.54. The van der Waals surface area contributed by atoms with Gasteiger partial charge in [-0.05, 0) is 291 Å². The van der Waals surface area contributed by atoms with Crippen molar-refractivity contribution in [2.24, 2.45) is 69.0 Å². The fourth-order valence-electron chi connectivity index (χ4n) is 27.0. The maximum absolute atomic E-state index is 14.0. The van der Waals surface area contributed by atoms with Crippen LogP contribution in [0.15, 0.2) is 60.7 Å². The highest BCUT2D eigenvalue weighted by Crippen LogP contribution is 2.74. The Morgan fingerprint density at radius 2 is 0.675 bits per heavy atom. The van der Waals surface area contributed by atoms with Gasteiger partial charge in [0.05, 0.1) is 15.3 Å². The summed E-state index contributed by atoms with van der Waals surface area (Å²) in [5.41, 5.74) is 8.32. The largest absolute Gasteiger partial charge is 0.502 e. The van der Waals surface area contributed by atoms with Crippen LogP contribution in [-0.4, -0.2) is 20.1 Å². The molecular weight excluding hydrogens is 953 g/mol. The highest BCUT2D eigenvalue weighted by atomic mass is 16.6. The van der Waals surface area contributed by atoms with E-state index >= 15 is 0 Å². The van der Waals surface area contributed by atoms with Crippen molar-refractivity contribution >= 4 is 11.4 Å². The Morgan fingerprint density at radius 3 is 0.974 bits per heavy atom. The maximum atomic E-state index is 14.0. The van der Waals surface area contributed by atoms with Gasteiger partial charge in [0.2, 0.25) is 0 Å². The number of fused-ring (bicyclic) bond motifs is 3. The minimum absolute atomic E-state index is 0.0374. The van der Waals surface area contributed by atoms with E-state index in [9.17, 15) is 30.4 Å². The summed E-state index contributed by atoms with van der Waals surface area (Å²) in [6.07, 6.45) is 27.2. The van der Waals surface area contributed by atoms with Crippen molar-refractivity contribution in [2.75, 3.05) is 0 Å². The number of benzene rings is 4. The molecule has 0 radical (unpaired) electrons. The van der Waals surface area contributed by atoms with Crippen LogP contribution in [-0.2, 0) is 27.1 Å². The lowest BCUT2D eigenvalue weighted by atomic mass is 9.39. The molecule has 0 heterocycles. The van der Waals surface area contributed by atoms with Gasteiger partial charge in [-0.2, -0.15) is 0 Å². The molecule has 8 nitrogen and oxygen atoms in total. The second kappa shape index (κ2) is 14.6. The van der Waals surface area contributed by atoms with Crippen molar-refractivity contribution in [1.29, 1.82) is 0 Å². The van der Waals surface area contributed by atoms with E-state index in [1.54, 1.807) is 12.1 Å². The van der Waals surface area contributed by atoms with Gasteiger partial charge in [0.25, 0.3) is 0 Å². The van der Waals surface area contributed by atoms with Crippen LogP contribution < -0.4 is 0 Å². The minimum Gasteiger partial charge on any atom is -0.502 e. The van der Waals surface area contributed by atoms with Crippen LogP contribution in [0.5, 0.6) is 11.5 Å². The van der Waals surface area contributed by atoms with Crippen molar-refractivity contribution in [3.05, 3.63) is 125 Å². The summed E-state index contributed by atoms with van der Waals surface area (Å²) in [6.45, 7) is 10.2. The Labute approximate surface area is 455 Å². The molecule has 16 saturated carbocycles. The molecule has 402 valence electrons. The van der Waals surface area contributed by atoms with Gasteiger partial charge in [0.15, 0.2) is 11.5 Å². The summed E-state index contributed by atoms with van der Waals surface area (Å²) in [5.74, 6) is 4.15. The first-order chi connectivity index (χ1) is 36.6. The highest BCUT2D eigenvalue weighted by Gasteiger charge is 2.64. The van der Waals surface area contributed by atoms with Crippen LogP contribution in [0.1, 0.15) is 226 Å². The van der Waals surface area contributed by atoms with Crippen molar-refractivity contribution in [2.45, 2.75) is 209 Å². The van der Waals surface area contributed by atoms with Crippen molar-refractivity contribution < 1.29 is 20.1 Å². The number of rotatable bonds is 8. The molecule has 16 fully saturated rings. The van der Waals surface area contributed by atoms with Gasteiger partial charge in [-0.3, -0.25) is 20.2 Å². The lowest BCUT2D eigenvalue weighted by Crippen LogP contribution is -2.56. The number of nitrogens with zero attached hydrogens (tertiary/aromatic N) is 2. The monoisotopic (exact) mass is 1030 g/mol. The summed E-state index contributed by atoms with van der Waals surface area (Å²) in [4.78, 5) is 27.3. The van der Waals surface area contributed by atoms with Crippen LogP contribution in [0, 0.1) is 89.2 Å². The zero-order chi connectivity index (χ0) is 52.4. The smallest absolute Gasteiger partial charge is 0.311 e. The Bertz CT molecular complexity index is 3020. The minimum atomic E-state index is -1.26. The Hall–Kier alpha value is -4.72. The number of hydrogen-bond donors (Lipinski definition) is 2. The van der Waals surface area contributed by atoms with Crippen LogP contribution in [0.25, 0.3) is 11.1 Å². The Morgan fingerprint density at radius 1 is 0.377 bits per heavy atom. The Balaban J connectivity index is 0.988. The number of phenolic OH excluding ortho intramolecular Hbond substituents is 2. The van der Waals surface area contributed by atoms with Crippen LogP contribution in [0.4, 0.5) is 11.4 Å². The second-order valence-corrected chi connectivity index (χ2v) is 32.8. The first-order valence-electron chi connectivity index (χ1n) is 30.9. The molecule has 0 aromatic heterocycles. The maximum Gasteiger partial charge on any atom is 0.311 e. The SMILES string of the molecule is CC12CC3CC(C)(C1)CC(c1ccc4c(c1)C(c1cc([N+](=O)[O-])c(O)c(C56CC7CC(CC(C7)C5)C6)c1)(c1cc([N+](=O)[O-])c(O)c(C56CC7CC(CC(C7)C5)C6)c1)c1cc(C56CC7CC(C)(CC(C)(C7)C5)C6)ccc1-4)(C3)C2. The quantitative estimate of drug-likeness (QED) is 0.118. The van der Waals surface area contributed by atoms with E-state index in [1.165, 1.54) is 88.2 Å². The molecular formula is C69H80N2O6. The van der Waals surface area contributed by atoms with Crippen LogP contribution in [0.3, 0.4) is 0 Å². The topological polar surface area (TPSA) is 127 Å². The molecule has 77 heavy (non-hydrogen) atoms. The second-order valence-electron chi connectivity index (χ2n) is 32.8. The van der Waals surface area contributed by atoms with E-state index in [2.05, 4.69) is 76.2 Å². The van der Waals surface area contributed by atoms with Gasteiger partial charge in [-0.1, -0.05) is 64.1 Å². The summed E-state index contributed by atoms with van der Waals surface area (Å²) >= 11 is 0. The van der Waals surface area contributed by atoms with Crippen molar-refractivity contribution in [1.82, 2.24) is 0 Å². The molecule has 0 spiro atoms. The lowest BCUT2D eigenvalue weighted by molar-refractivity contribution is -0.386. The fraction of sp³-hybridized carbons (Fsp3) is 0.652. The third kappa shape index (κ3) is 6.29. The standard InChI is InChI=1S/C69H80N2O6/c1-61-21-45-22-62(2,33-61)36-67(31-45,35-61)47-5-7-51-52-8-6-48(68-32-46-23-63(3,37-68)34-64(4,24-46)38-68)16-54(52)69(53(51)15-47,49-17-55(59(72)57(19-49)70(74)75)65-25-39-9-40(26-65)11-41(10-39)27-65)50-18-56(60(73)58(20-50)71(76)77)66-28-42-12-43(29-66)14-44(13-42)30-66/h5-8,15-20,39-46,72-73H,9-14,21-38H2,1-4H3. The average molecular weight is 1030 g/mol.